The average molecular weight is 176 g/mol. The SMILES string of the molecule is CC([SiH3])=C(C)c1ccccc1C. The van der Waals surface area contributed by atoms with Gasteiger partial charge in [0.25, 0.3) is 0 Å². The lowest BCUT2D eigenvalue weighted by molar-refractivity contribution is 1.40. The van der Waals surface area contributed by atoms with Crippen LogP contribution in [0.5, 0.6) is 0 Å². The fourth-order valence-electron chi connectivity index (χ4n) is 1.26. The molecule has 0 radical (unpaired) electrons. The smallest absolute Gasteiger partial charge is 0.0333 e. The van der Waals surface area contributed by atoms with Gasteiger partial charge in [0.1, 0.15) is 0 Å². The van der Waals surface area contributed by atoms with Crippen molar-refractivity contribution >= 4 is 15.8 Å². The first-order chi connectivity index (χ1) is 5.63. The van der Waals surface area contributed by atoms with E-state index < -0.39 is 0 Å². The lowest BCUT2D eigenvalue weighted by Gasteiger charge is -2.07. The largest absolute Gasteiger partial charge is 0.0913 e. The minimum Gasteiger partial charge on any atom is -0.0913 e. The van der Waals surface area contributed by atoms with E-state index in [2.05, 4.69) is 45.0 Å². The van der Waals surface area contributed by atoms with Gasteiger partial charge in [-0.15, -0.1) is 0 Å². The highest BCUT2D eigenvalue weighted by molar-refractivity contribution is 6.24. The predicted molar refractivity (Wildman–Crippen MR) is 59.4 cm³/mol. The number of rotatable bonds is 1. The van der Waals surface area contributed by atoms with Crippen molar-refractivity contribution in [2.45, 2.75) is 20.8 Å². The monoisotopic (exact) mass is 176 g/mol. The van der Waals surface area contributed by atoms with Crippen LogP contribution in [0.15, 0.2) is 29.5 Å². The Kier molecular flexibility index (Phi) is 2.87. The zero-order chi connectivity index (χ0) is 9.14. The summed E-state index contributed by atoms with van der Waals surface area (Å²) in [5, 5.41) is 1.53. The molecule has 0 saturated carbocycles. The maximum Gasteiger partial charge on any atom is 0.0333 e. The van der Waals surface area contributed by atoms with Crippen molar-refractivity contribution < 1.29 is 0 Å². The van der Waals surface area contributed by atoms with E-state index in [-0.39, 0.29) is 0 Å². The lowest BCUT2D eigenvalue weighted by Crippen LogP contribution is -1.88. The molecule has 0 amide bonds. The second-order valence-corrected chi connectivity index (χ2v) is 4.94. The molecule has 64 valence electrons. The number of allylic oxidation sites excluding steroid dienone is 2. The van der Waals surface area contributed by atoms with E-state index in [1.807, 2.05) is 0 Å². The molecule has 0 aromatic heterocycles. The van der Waals surface area contributed by atoms with Gasteiger partial charge >= 0.3 is 0 Å². The summed E-state index contributed by atoms with van der Waals surface area (Å²) in [6.07, 6.45) is 0. The molecule has 1 aromatic carbocycles. The third-order valence-corrected chi connectivity index (χ3v) is 3.05. The summed E-state index contributed by atoms with van der Waals surface area (Å²) in [7, 11) is 1.17. The maximum absolute atomic E-state index is 2.22. The summed E-state index contributed by atoms with van der Waals surface area (Å²) in [5.74, 6) is 0. The van der Waals surface area contributed by atoms with Crippen LogP contribution < -0.4 is 0 Å². The van der Waals surface area contributed by atoms with E-state index in [0.717, 1.165) is 0 Å². The predicted octanol–water partition coefficient (Wildman–Crippen LogP) is 2.11. The summed E-state index contributed by atoms with van der Waals surface area (Å²) >= 11 is 0. The van der Waals surface area contributed by atoms with Crippen molar-refractivity contribution in [3.8, 4) is 0 Å². The fraction of sp³-hybridized carbons (Fsp3) is 0.273. The summed E-state index contributed by atoms with van der Waals surface area (Å²) in [6, 6.07) is 8.57. The Hall–Kier alpha value is -0.823. The van der Waals surface area contributed by atoms with E-state index in [9.17, 15) is 0 Å². The van der Waals surface area contributed by atoms with Gasteiger partial charge in [0.2, 0.25) is 0 Å². The van der Waals surface area contributed by atoms with Crippen LogP contribution in [-0.4, -0.2) is 10.2 Å². The third kappa shape index (κ3) is 1.86. The molecule has 12 heavy (non-hydrogen) atoms. The van der Waals surface area contributed by atoms with Crippen LogP contribution in [0.1, 0.15) is 25.0 Å². The summed E-state index contributed by atoms with van der Waals surface area (Å²) in [5.41, 5.74) is 4.25. The van der Waals surface area contributed by atoms with E-state index in [1.54, 1.807) is 0 Å². The van der Waals surface area contributed by atoms with Gasteiger partial charge in [-0.25, -0.2) is 0 Å². The molecule has 0 aliphatic carbocycles. The molecule has 0 N–H and O–H groups in total. The Bertz CT molecular complexity index is 307. The van der Waals surface area contributed by atoms with Gasteiger partial charge in [-0.1, -0.05) is 29.5 Å². The van der Waals surface area contributed by atoms with Crippen LogP contribution in [0, 0.1) is 6.92 Å². The summed E-state index contributed by atoms with van der Waals surface area (Å²) < 4.78 is 0. The first-order valence-electron chi connectivity index (χ1n) is 4.33. The highest BCUT2D eigenvalue weighted by Gasteiger charge is 1.99. The summed E-state index contributed by atoms with van der Waals surface area (Å²) in [4.78, 5) is 0. The Morgan fingerprint density at radius 1 is 1.17 bits per heavy atom. The zero-order valence-corrected chi connectivity index (χ0v) is 10.3. The second-order valence-electron chi connectivity index (χ2n) is 3.44. The van der Waals surface area contributed by atoms with Crippen LogP contribution >= 0.6 is 0 Å². The first kappa shape index (κ1) is 9.27. The summed E-state index contributed by atoms with van der Waals surface area (Å²) in [6.45, 7) is 6.60. The van der Waals surface area contributed by atoms with E-state index in [1.165, 1.54) is 32.1 Å². The Balaban J connectivity index is 3.21. The molecule has 0 bridgehead atoms. The second kappa shape index (κ2) is 3.72. The van der Waals surface area contributed by atoms with Crippen molar-refractivity contribution in [1.29, 1.82) is 0 Å². The van der Waals surface area contributed by atoms with Gasteiger partial charge in [0.15, 0.2) is 0 Å². The molecule has 0 fully saturated rings. The van der Waals surface area contributed by atoms with Gasteiger partial charge < -0.3 is 0 Å². The maximum atomic E-state index is 2.22. The molecular formula is C11H16Si. The molecule has 0 aliphatic heterocycles. The van der Waals surface area contributed by atoms with Gasteiger partial charge in [0.05, 0.1) is 0 Å². The van der Waals surface area contributed by atoms with Crippen LogP contribution in [0.3, 0.4) is 0 Å². The third-order valence-electron chi connectivity index (χ3n) is 2.30. The molecule has 1 rings (SSSR count). The molecule has 0 atom stereocenters. The van der Waals surface area contributed by atoms with Gasteiger partial charge in [-0.05, 0) is 37.5 Å². The molecule has 1 heteroatoms. The molecule has 1 aromatic rings. The van der Waals surface area contributed by atoms with Gasteiger partial charge in [-0.3, -0.25) is 0 Å². The molecule has 0 nitrogen and oxygen atoms in total. The van der Waals surface area contributed by atoms with Crippen molar-refractivity contribution in [2.24, 2.45) is 0 Å². The normalized spacial score (nSPS) is 12.9. The number of aryl methyl sites for hydroxylation is 1. The molecule has 0 spiro atoms. The topological polar surface area (TPSA) is 0 Å². The Morgan fingerprint density at radius 2 is 1.75 bits per heavy atom. The lowest BCUT2D eigenvalue weighted by atomic mass is 10.0. The van der Waals surface area contributed by atoms with Crippen LogP contribution in [0.25, 0.3) is 5.57 Å². The highest BCUT2D eigenvalue weighted by atomic mass is 28.1. The van der Waals surface area contributed by atoms with Crippen molar-refractivity contribution in [1.82, 2.24) is 0 Å². The standard InChI is InChI=1S/C11H16Si/c1-8-6-4-5-7-11(8)9(2)10(3)12/h4-7H,1-3,12H3. The fourth-order valence-corrected chi connectivity index (χ4v) is 1.53. The van der Waals surface area contributed by atoms with Gasteiger partial charge in [-0.2, -0.15) is 0 Å². The van der Waals surface area contributed by atoms with E-state index in [0.29, 0.717) is 0 Å². The Morgan fingerprint density at radius 3 is 2.25 bits per heavy atom. The van der Waals surface area contributed by atoms with Crippen molar-refractivity contribution in [3.63, 3.8) is 0 Å². The molecular weight excluding hydrogens is 160 g/mol. The van der Waals surface area contributed by atoms with Crippen molar-refractivity contribution in [3.05, 3.63) is 40.6 Å². The van der Waals surface area contributed by atoms with Crippen molar-refractivity contribution in [2.75, 3.05) is 0 Å². The van der Waals surface area contributed by atoms with Crippen LogP contribution in [0.2, 0.25) is 0 Å². The Labute approximate surface area is 77.7 Å². The molecule has 0 aliphatic rings. The number of benzene rings is 1. The van der Waals surface area contributed by atoms with Gasteiger partial charge in [0, 0.05) is 10.2 Å². The average Bonchev–Trinajstić information content (AvgIpc) is 2.04. The highest BCUT2D eigenvalue weighted by Crippen LogP contribution is 2.19. The number of hydrogen-bond acceptors (Lipinski definition) is 0. The molecule has 0 heterocycles. The van der Waals surface area contributed by atoms with Crippen LogP contribution in [0.4, 0.5) is 0 Å². The zero-order valence-electron chi connectivity index (χ0n) is 8.31. The quantitative estimate of drug-likeness (QED) is 0.575. The molecule has 0 saturated heterocycles. The minimum absolute atomic E-state index is 1.17. The van der Waals surface area contributed by atoms with E-state index >= 15 is 0 Å². The van der Waals surface area contributed by atoms with Crippen LogP contribution in [-0.2, 0) is 0 Å². The molecule has 0 unspecified atom stereocenters. The number of hydrogen-bond donors (Lipinski definition) is 0. The minimum atomic E-state index is 1.17. The first-order valence-corrected chi connectivity index (χ1v) is 5.33. The van der Waals surface area contributed by atoms with E-state index in [4.69, 9.17) is 0 Å².